The first-order chi connectivity index (χ1) is 16.8. The van der Waals surface area contributed by atoms with Gasteiger partial charge in [0.2, 0.25) is 0 Å². The molecule has 1 N–H and O–H groups in total. The van der Waals surface area contributed by atoms with Crippen molar-refractivity contribution in [2.45, 2.75) is 69.6 Å². The summed E-state index contributed by atoms with van der Waals surface area (Å²) in [6.07, 6.45) is -3.39. The lowest BCUT2D eigenvalue weighted by molar-refractivity contribution is -0.182. The Morgan fingerprint density at radius 1 is 1.00 bits per heavy atom. The number of likely N-dealkylation sites (tertiary alicyclic amines) is 2. The molecular formula is C25H34F3N3O5. The fraction of sp³-hybridized carbons (Fsp3) is 0.680. The highest BCUT2D eigenvalue weighted by atomic mass is 19.4. The average Bonchev–Trinajstić information content (AvgIpc) is 3.25. The molecule has 0 aromatic heterocycles. The number of carbonyl (C=O) groups is 2. The first kappa shape index (κ1) is 26.5. The van der Waals surface area contributed by atoms with Crippen LogP contribution in [0.15, 0.2) is 24.3 Å². The second-order valence-corrected chi connectivity index (χ2v) is 10.7. The maximum Gasteiger partial charge on any atom is 0.416 e. The number of amides is 3. The van der Waals surface area contributed by atoms with E-state index in [1.165, 1.54) is 12.1 Å². The van der Waals surface area contributed by atoms with Gasteiger partial charge in [-0.15, -0.1) is 0 Å². The Morgan fingerprint density at radius 2 is 1.61 bits per heavy atom. The minimum Gasteiger partial charge on any atom is -0.444 e. The van der Waals surface area contributed by atoms with Crippen molar-refractivity contribution in [2.24, 2.45) is 0 Å². The van der Waals surface area contributed by atoms with E-state index in [0.717, 1.165) is 12.1 Å². The molecule has 11 heteroatoms. The molecule has 3 heterocycles. The summed E-state index contributed by atoms with van der Waals surface area (Å²) in [5.74, 6) is -0.857. The van der Waals surface area contributed by atoms with Crippen LogP contribution in [0, 0.1) is 0 Å². The molecule has 8 nitrogen and oxygen atoms in total. The standard InChI is InChI=1S/C25H34F3N3O5/c1-23(2,3)36-21(32)29-20-14-18(17-4-6-19(7-5-17)25(26,27)28)15-31(16-20)22(33)30-10-8-24(9-11-30)34-12-13-35-24/h4-7,18,20H,8-16H2,1-3H3,(H,29,32). The number of urea groups is 1. The summed E-state index contributed by atoms with van der Waals surface area (Å²) in [6, 6.07) is 4.42. The molecule has 4 rings (SSSR count). The van der Waals surface area contributed by atoms with Crippen molar-refractivity contribution in [1.29, 1.82) is 0 Å². The lowest BCUT2D eigenvalue weighted by Gasteiger charge is -2.43. The molecule has 200 valence electrons. The second-order valence-electron chi connectivity index (χ2n) is 10.7. The molecular weight excluding hydrogens is 479 g/mol. The van der Waals surface area contributed by atoms with E-state index in [9.17, 15) is 22.8 Å². The van der Waals surface area contributed by atoms with Gasteiger partial charge >= 0.3 is 18.3 Å². The topological polar surface area (TPSA) is 80.3 Å². The molecule has 3 fully saturated rings. The quantitative estimate of drug-likeness (QED) is 0.636. The molecule has 3 aliphatic rings. The molecule has 3 saturated heterocycles. The van der Waals surface area contributed by atoms with E-state index in [1.54, 1.807) is 30.6 Å². The van der Waals surface area contributed by atoms with Crippen LogP contribution < -0.4 is 5.32 Å². The SMILES string of the molecule is CC(C)(C)OC(=O)NC1CC(c2ccc(C(F)(F)F)cc2)CN(C(=O)N2CCC3(CC2)OCCO3)C1. The Labute approximate surface area is 209 Å². The van der Waals surface area contributed by atoms with Gasteiger partial charge in [0, 0.05) is 44.9 Å². The van der Waals surface area contributed by atoms with E-state index in [1.807, 2.05) is 0 Å². The molecule has 1 spiro atoms. The largest absolute Gasteiger partial charge is 0.444 e. The summed E-state index contributed by atoms with van der Waals surface area (Å²) in [6.45, 7) is 7.95. The van der Waals surface area contributed by atoms with Crippen LogP contribution in [-0.4, -0.2) is 78.7 Å². The smallest absolute Gasteiger partial charge is 0.416 e. The zero-order chi connectivity index (χ0) is 26.1. The van der Waals surface area contributed by atoms with Gasteiger partial charge in [-0.3, -0.25) is 0 Å². The number of nitrogens with one attached hydrogen (secondary N) is 1. The number of alkyl carbamates (subject to hydrolysis) is 1. The number of hydrogen-bond donors (Lipinski definition) is 1. The third-order valence-corrected chi connectivity index (χ3v) is 6.76. The van der Waals surface area contributed by atoms with Gasteiger partial charge in [-0.05, 0) is 44.9 Å². The molecule has 1 aromatic rings. The summed E-state index contributed by atoms with van der Waals surface area (Å²) in [7, 11) is 0. The number of halogens is 3. The number of alkyl halides is 3. The fourth-order valence-electron chi connectivity index (χ4n) is 5.04. The van der Waals surface area contributed by atoms with E-state index in [2.05, 4.69) is 5.32 Å². The van der Waals surface area contributed by atoms with Crippen LogP contribution in [0.5, 0.6) is 0 Å². The van der Waals surface area contributed by atoms with E-state index in [0.29, 0.717) is 57.7 Å². The third-order valence-electron chi connectivity index (χ3n) is 6.76. The maximum atomic E-state index is 13.5. The van der Waals surface area contributed by atoms with Crippen molar-refractivity contribution in [2.75, 3.05) is 39.4 Å². The average molecular weight is 514 g/mol. The van der Waals surface area contributed by atoms with Crippen molar-refractivity contribution in [1.82, 2.24) is 15.1 Å². The second kappa shape index (κ2) is 10.1. The van der Waals surface area contributed by atoms with Crippen molar-refractivity contribution in [3.05, 3.63) is 35.4 Å². The van der Waals surface area contributed by atoms with Gasteiger partial charge in [0.15, 0.2) is 5.79 Å². The Bertz CT molecular complexity index is 932. The van der Waals surface area contributed by atoms with Crippen LogP contribution in [0.2, 0.25) is 0 Å². The monoisotopic (exact) mass is 513 g/mol. The van der Waals surface area contributed by atoms with Gasteiger partial charge in [-0.1, -0.05) is 12.1 Å². The summed E-state index contributed by atoms with van der Waals surface area (Å²) in [5.41, 5.74) is -0.728. The van der Waals surface area contributed by atoms with Gasteiger partial charge < -0.3 is 29.3 Å². The van der Waals surface area contributed by atoms with Crippen molar-refractivity contribution >= 4 is 12.1 Å². The van der Waals surface area contributed by atoms with E-state index in [-0.39, 0.29) is 18.5 Å². The van der Waals surface area contributed by atoms with E-state index in [4.69, 9.17) is 14.2 Å². The number of benzene rings is 1. The number of rotatable bonds is 2. The highest BCUT2D eigenvalue weighted by molar-refractivity contribution is 5.75. The summed E-state index contributed by atoms with van der Waals surface area (Å²) in [4.78, 5) is 29.3. The van der Waals surface area contributed by atoms with Gasteiger partial charge in [0.05, 0.1) is 24.8 Å². The Balaban J connectivity index is 1.48. The summed E-state index contributed by atoms with van der Waals surface area (Å²) < 4.78 is 56.0. The number of nitrogens with zero attached hydrogens (tertiary/aromatic N) is 2. The zero-order valence-corrected chi connectivity index (χ0v) is 20.9. The molecule has 0 aliphatic carbocycles. The number of piperidine rings is 2. The highest BCUT2D eigenvalue weighted by Crippen LogP contribution is 2.34. The minimum atomic E-state index is -4.42. The number of carbonyl (C=O) groups excluding carboxylic acids is 2. The fourth-order valence-corrected chi connectivity index (χ4v) is 5.04. The predicted molar refractivity (Wildman–Crippen MR) is 124 cm³/mol. The van der Waals surface area contributed by atoms with E-state index >= 15 is 0 Å². The normalized spacial score (nSPS) is 24.6. The number of hydrogen-bond acceptors (Lipinski definition) is 5. The Kier molecular flexibility index (Phi) is 7.43. The molecule has 0 bridgehead atoms. The van der Waals surface area contributed by atoms with Crippen LogP contribution in [0.25, 0.3) is 0 Å². The van der Waals surface area contributed by atoms with Crippen LogP contribution in [0.4, 0.5) is 22.8 Å². The Morgan fingerprint density at radius 3 is 2.17 bits per heavy atom. The van der Waals surface area contributed by atoms with Crippen LogP contribution in [0.1, 0.15) is 57.1 Å². The molecule has 0 saturated carbocycles. The summed E-state index contributed by atoms with van der Waals surface area (Å²) in [5, 5.41) is 2.84. The van der Waals surface area contributed by atoms with Gasteiger partial charge in [-0.2, -0.15) is 13.2 Å². The van der Waals surface area contributed by atoms with Crippen LogP contribution in [0.3, 0.4) is 0 Å². The molecule has 3 amide bonds. The Hall–Kier alpha value is -2.53. The molecule has 3 aliphatic heterocycles. The maximum absolute atomic E-state index is 13.5. The first-order valence-corrected chi connectivity index (χ1v) is 12.3. The molecule has 36 heavy (non-hydrogen) atoms. The van der Waals surface area contributed by atoms with Crippen LogP contribution in [-0.2, 0) is 20.4 Å². The number of ether oxygens (including phenoxy) is 3. The lowest BCUT2D eigenvalue weighted by atomic mass is 9.87. The minimum absolute atomic E-state index is 0.171. The van der Waals surface area contributed by atoms with Crippen molar-refractivity contribution in [3.8, 4) is 0 Å². The molecule has 2 atom stereocenters. The predicted octanol–water partition coefficient (Wildman–Crippen LogP) is 4.35. The molecule has 1 aromatic carbocycles. The van der Waals surface area contributed by atoms with Crippen LogP contribution >= 0.6 is 0 Å². The molecule has 2 unspecified atom stereocenters. The third kappa shape index (κ3) is 6.42. The van der Waals surface area contributed by atoms with Crippen molar-refractivity contribution in [3.63, 3.8) is 0 Å². The molecule has 0 radical (unpaired) electrons. The van der Waals surface area contributed by atoms with Crippen molar-refractivity contribution < 1.29 is 37.0 Å². The van der Waals surface area contributed by atoms with Gasteiger partial charge in [0.1, 0.15) is 5.60 Å². The first-order valence-electron chi connectivity index (χ1n) is 12.3. The zero-order valence-electron chi connectivity index (χ0n) is 20.9. The summed E-state index contributed by atoms with van der Waals surface area (Å²) >= 11 is 0. The lowest BCUT2D eigenvalue weighted by Crippen LogP contribution is -2.57. The van der Waals surface area contributed by atoms with Gasteiger partial charge in [-0.25, -0.2) is 9.59 Å². The highest BCUT2D eigenvalue weighted by Gasteiger charge is 2.42. The van der Waals surface area contributed by atoms with Gasteiger partial charge in [0.25, 0.3) is 0 Å². The van der Waals surface area contributed by atoms with E-state index < -0.39 is 35.3 Å².